The average Bonchev–Trinajstić information content (AvgIpc) is 2.69. The van der Waals surface area contributed by atoms with Crippen LogP contribution in [0, 0.1) is 19.8 Å². The molecule has 1 fully saturated rings. The van der Waals surface area contributed by atoms with Gasteiger partial charge in [-0.1, -0.05) is 17.7 Å². The number of hydrogen-bond donors (Lipinski definition) is 0. The van der Waals surface area contributed by atoms with Crippen molar-refractivity contribution in [1.29, 1.82) is 0 Å². The van der Waals surface area contributed by atoms with Crippen LogP contribution >= 0.6 is 11.6 Å². The maximum atomic E-state index is 12.9. The van der Waals surface area contributed by atoms with Crippen LogP contribution in [0.5, 0.6) is 0 Å². The molecule has 1 aliphatic heterocycles. The molecule has 2 aromatic carbocycles. The quantitative estimate of drug-likeness (QED) is 0.750. The second-order valence-corrected chi connectivity index (χ2v) is 9.67. The standard InChI is InChI=1S/C21H25ClN2O3S/c1-15-4-7-19(14-16(15)2)23(3)21(25)17-10-12-24(13-11-17)28(26,27)20-8-5-18(22)6-9-20/h4-9,14,17H,10-13H2,1-3H3. The van der Waals surface area contributed by atoms with Crippen molar-refractivity contribution in [1.82, 2.24) is 4.31 Å². The summed E-state index contributed by atoms with van der Waals surface area (Å²) >= 11 is 5.85. The maximum absolute atomic E-state index is 12.9. The maximum Gasteiger partial charge on any atom is 0.243 e. The van der Waals surface area contributed by atoms with Gasteiger partial charge in [-0.05, 0) is 74.2 Å². The molecular weight excluding hydrogens is 396 g/mol. The van der Waals surface area contributed by atoms with Gasteiger partial charge < -0.3 is 4.90 Å². The number of amides is 1. The lowest BCUT2D eigenvalue weighted by atomic mass is 9.96. The highest BCUT2D eigenvalue weighted by Crippen LogP contribution is 2.27. The van der Waals surface area contributed by atoms with Crippen molar-refractivity contribution in [2.45, 2.75) is 31.6 Å². The molecule has 0 N–H and O–H groups in total. The lowest BCUT2D eigenvalue weighted by Crippen LogP contribution is -2.43. The molecule has 150 valence electrons. The third kappa shape index (κ3) is 4.24. The van der Waals surface area contributed by atoms with Crippen molar-refractivity contribution < 1.29 is 13.2 Å². The molecule has 1 heterocycles. The molecule has 28 heavy (non-hydrogen) atoms. The molecule has 0 aromatic heterocycles. The van der Waals surface area contributed by atoms with E-state index in [0.717, 1.165) is 11.3 Å². The van der Waals surface area contributed by atoms with Gasteiger partial charge in [-0.3, -0.25) is 4.79 Å². The highest BCUT2D eigenvalue weighted by Gasteiger charge is 2.33. The van der Waals surface area contributed by atoms with Crippen LogP contribution in [0.25, 0.3) is 0 Å². The highest BCUT2D eigenvalue weighted by atomic mass is 35.5. The Hall–Kier alpha value is -1.89. The van der Waals surface area contributed by atoms with Crippen LogP contribution in [0.2, 0.25) is 5.02 Å². The van der Waals surface area contributed by atoms with Crippen LogP contribution in [0.1, 0.15) is 24.0 Å². The molecule has 2 aromatic rings. The first-order valence-electron chi connectivity index (χ1n) is 9.30. The molecule has 0 radical (unpaired) electrons. The molecular formula is C21H25ClN2O3S. The zero-order chi connectivity index (χ0) is 20.5. The number of halogens is 1. The van der Waals surface area contributed by atoms with Gasteiger partial charge in [-0.25, -0.2) is 8.42 Å². The third-order valence-electron chi connectivity index (χ3n) is 5.46. The number of sulfonamides is 1. The number of piperidine rings is 1. The Labute approximate surface area is 172 Å². The second kappa shape index (κ2) is 8.23. The molecule has 1 amide bonds. The van der Waals surface area contributed by atoms with E-state index in [9.17, 15) is 13.2 Å². The summed E-state index contributed by atoms with van der Waals surface area (Å²) < 4.78 is 27.0. The number of nitrogens with zero attached hydrogens (tertiary/aromatic N) is 2. The van der Waals surface area contributed by atoms with Gasteiger partial charge in [0.15, 0.2) is 0 Å². The van der Waals surface area contributed by atoms with Gasteiger partial charge in [-0.15, -0.1) is 0 Å². The van der Waals surface area contributed by atoms with Crippen molar-refractivity contribution in [3.8, 4) is 0 Å². The van der Waals surface area contributed by atoms with Crippen molar-refractivity contribution in [3.05, 3.63) is 58.6 Å². The molecule has 1 aliphatic rings. The Balaban J connectivity index is 1.66. The lowest BCUT2D eigenvalue weighted by Gasteiger charge is -2.32. The number of aryl methyl sites for hydroxylation is 2. The van der Waals surface area contributed by atoms with E-state index in [1.54, 1.807) is 24.1 Å². The predicted octanol–water partition coefficient (Wildman–Crippen LogP) is 4.02. The number of rotatable bonds is 4. The fourth-order valence-corrected chi connectivity index (χ4v) is 5.03. The zero-order valence-corrected chi connectivity index (χ0v) is 17.9. The van der Waals surface area contributed by atoms with E-state index >= 15 is 0 Å². The summed E-state index contributed by atoms with van der Waals surface area (Å²) in [5.41, 5.74) is 3.19. The minimum Gasteiger partial charge on any atom is -0.315 e. The molecule has 0 spiro atoms. The number of carbonyl (C=O) groups excluding carboxylic acids is 1. The summed E-state index contributed by atoms with van der Waals surface area (Å²) in [6.07, 6.45) is 1.03. The van der Waals surface area contributed by atoms with E-state index < -0.39 is 10.0 Å². The normalized spacial score (nSPS) is 16.1. The molecule has 0 atom stereocenters. The third-order valence-corrected chi connectivity index (χ3v) is 7.63. The summed E-state index contributed by atoms with van der Waals surface area (Å²) in [4.78, 5) is 14.8. The molecule has 0 unspecified atom stereocenters. The lowest BCUT2D eigenvalue weighted by molar-refractivity contribution is -0.123. The monoisotopic (exact) mass is 420 g/mol. The molecule has 5 nitrogen and oxygen atoms in total. The second-order valence-electron chi connectivity index (χ2n) is 7.30. The number of anilines is 1. The fraction of sp³-hybridized carbons (Fsp3) is 0.381. The Morgan fingerprint density at radius 1 is 1.04 bits per heavy atom. The Morgan fingerprint density at radius 3 is 2.21 bits per heavy atom. The Bertz CT molecular complexity index is 966. The summed E-state index contributed by atoms with van der Waals surface area (Å²) in [6, 6.07) is 12.1. The van der Waals surface area contributed by atoms with E-state index in [1.807, 2.05) is 32.0 Å². The topological polar surface area (TPSA) is 57.7 Å². The van der Waals surface area contributed by atoms with Crippen LogP contribution in [0.4, 0.5) is 5.69 Å². The van der Waals surface area contributed by atoms with Gasteiger partial charge in [0.1, 0.15) is 0 Å². The Morgan fingerprint density at radius 2 is 1.64 bits per heavy atom. The molecule has 3 rings (SSSR count). The number of hydrogen-bond acceptors (Lipinski definition) is 3. The fourth-order valence-electron chi connectivity index (χ4n) is 3.43. The first-order chi connectivity index (χ1) is 13.2. The van der Waals surface area contributed by atoms with Crippen molar-refractivity contribution >= 4 is 33.2 Å². The SMILES string of the molecule is Cc1ccc(N(C)C(=O)C2CCN(S(=O)(=O)c3ccc(Cl)cc3)CC2)cc1C. The summed E-state index contributed by atoms with van der Waals surface area (Å²) in [6.45, 7) is 4.74. The minimum absolute atomic E-state index is 0.0341. The van der Waals surface area contributed by atoms with E-state index in [-0.39, 0.29) is 16.7 Å². The molecule has 0 bridgehead atoms. The molecule has 0 saturated carbocycles. The zero-order valence-electron chi connectivity index (χ0n) is 16.4. The average molecular weight is 421 g/mol. The van der Waals surface area contributed by atoms with Crippen LogP contribution in [-0.2, 0) is 14.8 Å². The number of carbonyl (C=O) groups is 1. The van der Waals surface area contributed by atoms with Gasteiger partial charge >= 0.3 is 0 Å². The summed E-state index contributed by atoms with van der Waals surface area (Å²) in [5.74, 6) is -0.143. The highest BCUT2D eigenvalue weighted by molar-refractivity contribution is 7.89. The summed E-state index contributed by atoms with van der Waals surface area (Å²) in [7, 11) is -1.78. The van der Waals surface area contributed by atoms with E-state index in [4.69, 9.17) is 11.6 Å². The largest absolute Gasteiger partial charge is 0.315 e. The van der Waals surface area contributed by atoms with Crippen LogP contribution < -0.4 is 4.90 Å². The molecule has 7 heteroatoms. The first-order valence-corrected chi connectivity index (χ1v) is 11.1. The smallest absolute Gasteiger partial charge is 0.243 e. The minimum atomic E-state index is -3.56. The van der Waals surface area contributed by atoms with E-state index in [1.165, 1.54) is 22.0 Å². The van der Waals surface area contributed by atoms with Gasteiger partial charge in [0.2, 0.25) is 15.9 Å². The van der Waals surface area contributed by atoms with E-state index in [0.29, 0.717) is 31.0 Å². The van der Waals surface area contributed by atoms with Crippen LogP contribution in [0.15, 0.2) is 47.4 Å². The predicted molar refractivity (Wildman–Crippen MR) is 112 cm³/mol. The first kappa shape index (κ1) is 20.8. The van der Waals surface area contributed by atoms with Crippen LogP contribution in [-0.4, -0.2) is 38.8 Å². The van der Waals surface area contributed by atoms with Gasteiger partial charge in [0, 0.05) is 36.8 Å². The van der Waals surface area contributed by atoms with Gasteiger partial charge in [-0.2, -0.15) is 4.31 Å². The van der Waals surface area contributed by atoms with Crippen molar-refractivity contribution in [2.75, 3.05) is 25.0 Å². The molecule has 1 saturated heterocycles. The number of benzene rings is 2. The van der Waals surface area contributed by atoms with Crippen molar-refractivity contribution in [2.24, 2.45) is 5.92 Å². The Kier molecular flexibility index (Phi) is 6.12. The van der Waals surface area contributed by atoms with E-state index in [2.05, 4.69) is 0 Å². The van der Waals surface area contributed by atoms with Gasteiger partial charge in [0.05, 0.1) is 4.90 Å². The van der Waals surface area contributed by atoms with Crippen molar-refractivity contribution in [3.63, 3.8) is 0 Å². The van der Waals surface area contributed by atoms with Gasteiger partial charge in [0.25, 0.3) is 0 Å². The summed E-state index contributed by atoms with van der Waals surface area (Å²) in [5, 5.41) is 0.498. The molecule has 0 aliphatic carbocycles. The van der Waals surface area contributed by atoms with Crippen LogP contribution in [0.3, 0.4) is 0 Å².